The zero-order valence-corrected chi connectivity index (χ0v) is 40.9. The van der Waals surface area contributed by atoms with Crippen LogP contribution in [0.3, 0.4) is 0 Å². The topological polar surface area (TPSA) is 181 Å². The lowest BCUT2D eigenvalue weighted by Crippen LogP contribution is -2.43. The molecule has 1 fully saturated rings. The molecule has 0 radical (unpaired) electrons. The molecule has 0 aromatic carbocycles. The van der Waals surface area contributed by atoms with E-state index in [1.807, 2.05) is 33.3 Å². The number of quaternary nitrogens is 1. The second-order valence-electron chi connectivity index (χ2n) is 17.6. The number of hydrogen-bond acceptors (Lipinski definition) is 12. The zero-order valence-electron chi connectivity index (χ0n) is 40.0. The monoisotopic (exact) mass is 924 g/mol. The first-order chi connectivity index (χ1) is 30.7. The van der Waals surface area contributed by atoms with Crippen molar-refractivity contribution in [3.8, 4) is 0 Å². The summed E-state index contributed by atoms with van der Waals surface area (Å²) in [6.07, 6.45) is 36.9. The SMILES string of the molecule is CCCCC/C=C\C/C=C\C/C=C\C/C=C\CCCCCC(=O)O[C@H](COC(=O)CCC/C=C\C[C@H]1[C@@H](O)CC(O)O[C@@H]1/C=C/[C@@H](O)CCCCC)COP(=O)([O-])OCC[N+](C)(C)C. The summed E-state index contributed by atoms with van der Waals surface area (Å²) in [6, 6.07) is 0. The average molecular weight is 924 g/mol. The molecule has 368 valence electrons. The minimum absolute atomic E-state index is 0.0716. The second-order valence-corrected chi connectivity index (χ2v) is 19.1. The van der Waals surface area contributed by atoms with Gasteiger partial charge in [-0.3, -0.25) is 14.2 Å². The summed E-state index contributed by atoms with van der Waals surface area (Å²) < 4.78 is 39.5. The van der Waals surface area contributed by atoms with Crippen molar-refractivity contribution in [1.82, 2.24) is 0 Å². The summed E-state index contributed by atoms with van der Waals surface area (Å²) in [5.41, 5.74) is 0. The Morgan fingerprint density at radius 2 is 1.33 bits per heavy atom. The Hall–Kier alpha value is -2.71. The molecule has 64 heavy (non-hydrogen) atoms. The number of aliphatic hydroxyl groups is 3. The van der Waals surface area contributed by atoms with Crippen LogP contribution in [-0.4, -0.2) is 110 Å². The van der Waals surface area contributed by atoms with Crippen LogP contribution in [0.15, 0.2) is 72.9 Å². The summed E-state index contributed by atoms with van der Waals surface area (Å²) in [5, 5.41) is 31.0. The van der Waals surface area contributed by atoms with Gasteiger partial charge in [0.2, 0.25) is 0 Å². The normalized spacial score (nSPS) is 20.6. The van der Waals surface area contributed by atoms with Crippen molar-refractivity contribution >= 4 is 19.8 Å². The summed E-state index contributed by atoms with van der Waals surface area (Å²) in [6.45, 7) is 3.73. The van der Waals surface area contributed by atoms with Crippen LogP contribution in [-0.2, 0) is 37.4 Å². The van der Waals surface area contributed by atoms with E-state index in [0.717, 1.165) is 57.8 Å². The zero-order chi connectivity index (χ0) is 47.3. The number of hydrogen-bond donors (Lipinski definition) is 3. The van der Waals surface area contributed by atoms with Gasteiger partial charge < -0.3 is 48.0 Å². The van der Waals surface area contributed by atoms with Crippen molar-refractivity contribution in [1.29, 1.82) is 0 Å². The van der Waals surface area contributed by atoms with Crippen molar-refractivity contribution in [3.63, 3.8) is 0 Å². The average Bonchev–Trinajstić information content (AvgIpc) is 3.23. The maximum Gasteiger partial charge on any atom is 0.306 e. The Morgan fingerprint density at radius 1 is 0.750 bits per heavy atom. The van der Waals surface area contributed by atoms with E-state index in [1.165, 1.54) is 25.7 Å². The molecule has 0 aromatic heterocycles. The van der Waals surface area contributed by atoms with E-state index >= 15 is 0 Å². The van der Waals surface area contributed by atoms with Crippen LogP contribution in [0.2, 0.25) is 0 Å². The smallest absolute Gasteiger partial charge is 0.306 e. The molecule has 0 bridgehead atoms. The molecule has 1 heterocycles. The van der Waals surface area contributed by atoms with Crippen LogP contribution >= 0.6 is 7.82 Å². The molecule has 13 nitrogen and oxygen atoms in total. The van der Waals surface area contributed by atoms with E-state index in [4.69, 9.17) is 23.3 Å². The summed E-state index contributed by atoms with van der Waals surface area (Å²) in [5.74, 6) is -1.39. The van der Waals surface area contributed by atoms with Gasteiger partial charge in [0.15, 0.2) is 12.4 Å². The number of likely N-dealkylation sites (N-methyl/N-ethyl adjacent to an activating group) is 1. The Balaban J connectivity index is 2.52. The van der Waals surface area contributed by atoms with Gasteiger partial charge in [0, 0.05) is 25.2 Å². The number of unbranched alkanes of at least 4 members (excludes halogenated alkanes) is 9. The van der Waals surface area contributed by atoms with Crippen LogP contribution in [0.5, 0.6) is 0 Å². The molecule has 1 aliphatic rings. The number of rotatable bonds is 38. The van der Waals surface area contributed by atoms with Gasteiger partial charge in [-0.2, -0.15) is 0 Å². The van der Waals surface area contributed by atoms with E-state index in [1.54, 1.807) is 12.2 Å². The largest absolute Gasteiger partial charge is 0.756 e. The highest BCUT2D eigenvalue weighted by Gasteiger charge is 2.35. The molecule has 3 N–H and O–H groups in total. The fraction of sp³-hybridized carbons (Fsp3) is 0.720. The van der Waals surface area contributed by atoms with E-state index < -0.39 is 57.1 Å². The van der Waals surface area contributed by atoms with Crippen molar-refractivity contribution in [2.75, 3.05) is 47.5 Å². The first-order valence-corrected chi connectivity index (χ1v) is 25.5. The maximum absolute atomic E-state index is 12.8. The molecule has 7 atom stereocenters. The highest BCUT2D eigenvalue weighted by Crippen LogP contribution is 2.38. The van der Waals surface area contributed by atoms with Crippen LogP contribution in [0.4, 0.5) is 0 Å². The first-order valence-electron chi connectivity index (χ1n) is 24.0. The van der Waals surface area contributed by atoms with Gasteiger partial charge in [0.25, 0.3) is 7.82 Å². The summed E-state index contributed by atoms with van der Waals surface area (Å²) >= 11 is 0. The minimum Gasteiger partial charge on any atom is -0.756 e. The molecule has 1 aliphatic heterocycles. The third-order valence-corrected chi connectivity index (χ3v) is 11.5. The first kappa shape index (κ1) is 59.3. The van der Waals surface area contributed by atoms with Crippen LogP contribution in [0, 0.1) is 5.92 Å². The van der Waals surface area contributed by atoms with Gasteiger partial charge in [-0.25, -0.2) is 0 Å². The standard InChI is InChI=1S/C50H86NO12P/c1-6-8-10-11-12-13-14-15-16-17-18-19-20-21-22-23-24-25-31-35-49(55)62-44(42-61-64(57,58)60-39-38-51(3,4)5)41-59-48(54)34-30-27-26-29-33-45-46(53)40-50(56)63-47(45)37-36-43(52)32-28-9-7-2/h12-13,15-16,18-19,21-22,26,29,36-37,43-47,50,52-53,56H,6-11,14,17,20,23-25,27-28,30-35,38-42H2,1-5H3/b13-12-,16-15-,19-18-,22-21-,29-26-,37-36+/t43-,44+,45-,46-,47+,50?/m0/s1. The minimum atomic E-state index is -4.71. The number of phosphoric ester groups is 1. The van der Waals surface area contributed by atoms with Crippen LogP contribution in [0.1, 0.15) is 149 Å². The number of phosphoric acid groups is 1. The number of esters is 2. The van der Waals surface area contributed by atoms with Crippen molar-refractivity contribution < 1.29 is 62.1 Å². The number of aliphatic hydroxyl groups excluding tert-OH is 3. The van der Waals surface area contributed by atoms with E-state index in [2.05, 4.69) is 62.5 Å². The van der Waals surface area contributed by atoms with Gasteiger partial charge in [-0.1, -0.05) is 125 Å². The fourth-order valence-electron chi connectivity index (χ4n) is 6.62. The number of carbonyl (C=O) groups excluding carboxylic acids is 2. The maximum atomic E-state index is 12.8. The Bertz CT molecular complexity index is 1440. The molecule has 0 amide bonds. The van der Waals surface area contributed by atoms with Crippen LogP contribution < -0.4 is 4.89 Å². The second kappa shape index (κ2) is 37.4. The van der Waals surface area contributed by atoms with Gasteiger partial charge in [0.05, 0.1) is 46.1 Å². The van der Waals surface area contributed by atoms with Gasteiger partial charge in [0.1, 0.15) is 19.8 Å². The molecule has 1 saturated heterocycles. The lowest BCUT2D eigenvalue weighted by Gasteiger charge is -2.36. The number of carbonyl (C=O) groups is 2. The third-order valence-electron chi connectivity index (χ3n) is 10.5. The lowest BCUT2D eigenvalue weighted by atomic mass is 9.87. The van der Waals surface area contributed by atoms with Gasteiger partial charge >= 0.3 is 11.9 Å². The molecular weight excluding hydrogens is 838 g/mol. The summed E-state index contributed by atoms with van der Waals surface area (Å²) in [4.78, 5) is 37.9. The summed E-state index contributed by atoms with van der Waals surface area (Å²) in [7, 11) is 0.982. The van der Waals surface area contributed by atoms with E-state index in [0.29, 0.717) is 43.1 Å². The molecular formula is C50H86NO12P. The number of nitrogens with zero attached hydrogens (tertiary/aromatic N) is 1. The molecule has 0 saturated carbocycles. The molecule has 0 aromatic rings. The molecule has 0 spiro atoms. The van der Waals surface area contributed by atoms with Crippen molar-refractivity contribution in [2.45, 2.75) is 179 Å². The van der Waals surface area contributed by atoms with Crippen molar-refractivity contribution in [3.05, 3.63) is 72.9 Å². The van der Waals surface area contributed by atoms with E-state index in [9.17, 15) is 34.4 Å². The number of ether oxygens (including phenoxy) is 3. The van der Waals surface area contributed by atoms with Gasteiger partial charge in [-0.15, -0.1) is 0 Å². The predicted octanol–water partition coefficient (Wildman–Crippen LogP) is 9.27. The van der Waals surface area contributed by atoms with Gasteiger partial charge in [-0.05, 0) is 77.0 Å². The Kier molecular flexibility index (Phi) is 34.6. The molecule has 0 aliphatic carbocycles. The predicted molar refractivity (Wildman–Crippen MR) is 253 cm³/mol. The highest BCUT2D eigenvalue weighted by molar-refractivity contribution is 7.45. The van der Waals surface area contributed by atoms with E-state index in [-0.39, 0.29) is 38.4 Å². The fourth-order valence-corrected chi connectivity index (χ4v) is 7.35. The lowest BCUT2D eigenvalue weighted by molar-refractivity contribution is -0.870. The molecule has 2 unspecified atom stereocenters. The third kappa shape index (κ3) is 34.6. The molecule has 1 rings (SSSR count). The quantitative estimate of drug-likeness (QED) is 0.0176. The Morgan fingerprint density at radius 3 is 1.97 bits per heavy atom. The van der Waals surface area contributed by atoms with Crippen LogP contribution in [0.25, 0.3) is 0 Å². The number of allylic oxidation sites excluding steroid dienone is 10. The highest BCUT2D eigenvalue weighted by atomic mass is 31.2. The molecule has 14 heteroatoms. The Labute approximate surface area is 386 Å². The van der Waals surface area contributed by atoms with Crippen molar-refractivity contribution in [2.24, 2.45) is 5.92 Å².